The maximum atomic E-state index is 13.3. The SMILES string of the molecule is Cc1cc(C(O)=C2C(=O)C(=O)N(Cc3cccnc3)[C@H]2c2ccc(Cl)c(Cl)c2)ccc1OCC(C)C. The van der Waals surface area contributed by atoms with Gasteiger partial charge in [-0.1, -0.05) is 49.2 Å². The first-order chi connectivity index (χ1) is 17.2. The zero-order chi connectivity index (χ0) is 26.0. The monoisotopic (exact) mass is 524 g/mol. The standard InChI is InChI=1S/C28H26Cl2N2O4/c1-16(2)15-36-23-9-7-20(11-17(23)3)26(33)24-25(19-6-8-21(29)22(30)12-19)32(28(35)27(24)34)14-18-5-4-10-31-13-18/h4-13,16,25,33H,14-15H2,1-3H3/t25-/m0/s1. The van der Waals surface area contributed by atoms with Gasteiger partial charge in [0, 0.05) is 24.5 Å². The molecule has 186 valence electrons. The number of ether oxygens (including phenoxy) is 1. The third-order valence-corrected chi connectivity index (χ3v) is 6.63. The Hall–Kier alpha value is -3.35. The summed E-state index contributed by atoms with van der Waals surface area (Å²) in [5.74, 6) is -0.704. The molecule has 1 atom stereocenters. The van der Waals surface area contributed by atoms with E-state index in [2.05, 4.69) is 18.8 Å². The second kappa shape index (κ2) is 10.7. The van der Waals surface area contributed by atoms with Crippen molar-refractivity contribution in [2.75, 3.05) is 6.61 Å². The first-order valence-electron chi connectivity index (χ1n) is 11.5. The van der Waals surface area contributed by atoms with Crippen molar-refractivity contribution in [1.29, 1.82) is 0 Å². The van der Waals surface area contributed by atoms with Gasteiger partial charge in [-0.15, -0.1) is 0 Å². The second-order valence-corrected chi connectivity index (χ2v) is 9.96. The van der Waals surface area contributed by atoms with E-state index in [1.807, 2.05) is 13.0 Å². The van der Waals surface area contributed by atoms with E-state index < -0.39 is 17.7 Å². The van der Waals surface area contributed by atoms with Crippen LogP contribution in [0.15, 0.2) is 66.5 Å². The van der Waals surface area contributed by atoms with Crippen LogP contribution in [0.4, 0.5) is 0 Å². The zero-order valence-electron chi connectivity index (χ0n) is 20.2. The van der Waals surface area contributed by atoms with Crippen LogP contribution >= 0.6 is 23.2 Å². The molecule has 0 saturated carbocycles. The second-order valence-electron chi connectivity index (χ2n) is 9.15. The molecule has 0 aliphatic carbocycles. The number of amides is 1. The van der Waals surface area contributed by atoms with Gasteiger partial charge in [-0.2, -0.15) is 0 Å². The molecule has 0 radical (unpaired) electrons. The highest BCUT2D eigenvalue weighted by Gasteiger charge is 2.46. The number of benzene rings is 2. The van der Waals surface area contributed by atoms with Crippen LogP contribution in [0, 0.1) is 12.8 Å². The van der Waals surface area contributed by atoms with Crippen LogP contribution in [0.2, 0.25) is 10.0 Å². The van der Waals surface area contributed by atoms with Crippen molar-refractivity contribution in [2.45, 2.75) is 33.4 Å². The van der Waals surface area contributed by atoms with Gasteiger partial charge >= 0.3 is 0 Å². The molecule has 0 bridgehead atoms. The van der Waals surface area contributed by atoms with Gasteiger partial charge in [0.05, 0.1) is 28.3 Å². The molecule has 0 spiro atoms. The van der Waals surface area contributed by atoms with E-state index in [0.29, 0.717) is 34.4 Å². The molecule has 1 N–H and O–H groups in total. The molecular formula is C28H26Cl2N2O4. The lowest BCUT2D eigenvalue weighted by Gasteiger charge is -2.25. The summed E-state index contributed by atoms with van der Waals surface area (Å²) in [4.78, 5) is 32.0. The fourth-order valence-electron chi connectivity index (χ4n) is 4.13. The maximum Gasteiger partial charge on any atom is 0.295 e. The summed E-state index contributed by atoms with van der Waals surface area (Å²) < 4.78 is 5.83. The smallest absolute Gasteiger partial charge is 0.295 e. The number of ketones is 1. The molecule has 3 aromatic rings. The molecule has 4 rings (SSSR count). The Kier molecular flexibility index (Phi) is 7.67. The van der Waals surface area contributed by atoms with Gasteiger partial charge in [0.1, 0.15) is 11.5 Å². The highest BCUT2D eigenvalue weighted by molar-refractivity contribution is 6.46. The minimum Gasteiger partial charge on any atom is -0.507 e. The summed E-state index contributed by atoms with van der Waals surface area (Å²) in [7, 11) is 0. The highest BCUT2D eigenvalue weighted by atomic mass is 35.5. The first kappa shape index (κ1) is 25.7. The number of hydrogen-bond acceptors (Lipinski definition) is 5. The number of aliphatic hydroxyl groups is 1. The number of rotatable bonds is 7. The van der Waals surface area contributed by atoms with E-state index in [0.717, 1.165) is 11.1 Å². The fourth-order valence-corrected chi connectivity index (χ4v) is 4.44. The van der Waals surface area contributed by atoms with Gasteiger partial charge in [0.25, 0.3) is 11.7 Å². The number of aromatic nitrogens is 1. The Bertz CT molecular complexity index is 1340. The number of likely N-dealkylation sites (tertiary alicyclic amines) is 1. The van der Waals surface area contributed by atoms with Crippen molar-refractivity contribution in [2.24, 2.45) is 5.92 Å². The Balaban J connectivity index is 1.81. The van der Waals surface area contributed by atoms with Crippen molar-refractivity contribution in [3.05, 3.63) is 98.8 Å². The molecule has 1 aliphatic rings. The summed E-state index contributed by atoms with van der Waals surface area (Å²) in [6.45, 7) is 6.67. The zero-order valence-corrected chi connectivity index (χ0v) is 21.7. The summed E-state index contributed by atoms with van der Waals surface area (Å²) >= 11 is 12.4. The summed E-state index contributed by atoms with van der Waals surface area (Å²) in [6.07, 6.45) is 3.26. The van der Waals surface area contributed by atoms with Crippen LogP contribution in [0.3, 0.4) is 0 Å². The van der Waals surface area contributed by atoms with Gasteiger partial charge in [-0.3, -0.25) is 14.6 Å². The average Bonchev–Trinajstić information content (AvgIpc) is 3.10. The van der Waals surface area contributed by atoms with Gasteiger partial charge in [0.2, 0.25) is 0 Å². The minimum atomic E-state index is -0.864. The molecule has 1 amide bonds. The van der Waals surface area contributed by atoms with E-state index >= 15 is 0 Å². The number of aliphatic hydroxyl groups excluding tert-OH is 1. The lowest BCUT2D eigenvalue weighted by atomic mass is 9.94. The van der Waals surface area contributed by atoms with E-state index in [4.69, 9.17) is 27.9 Å². The normalized spacial score (nSPS) is 17.2. The molecule has 1 saturated heterocycles. The number of carbonyl (C=O) groups excluding carboxylic acids is 2. The molecule has 1 aromatic heterocycles. The van der Waals surface area contributed by atoms with Gasteiger partial charge in [-0.05, 0) is 65.9 Å². The van der Waals surface area contributed by atoms with Crippen LogP contribution in [-0.4, -0.2) is 33.3 Å². The summed E-state index contributed by atoms with van der Waals surface area (Å²) in [6, 6.07) is 12.8. The van der Waals surface area contributed by atoms with E-state index in [1.165, 1.54) is 4.90 Å². The van der Waals surface area contributed by atoms with E-state index in [-0.39, 0.29) is 22.9 Å². The molecule has 2 heterocycles. The Morgan fingerprint density at radius 2 is 1.89 bits per heavy atom. The van der Waals surface area contributed by atoms with E-state index in [1.54, 1.807) is 54.9 Å². The third-order valence-electron chi connectivity index (χ3n) is 5.90. The van der Waals surface area contributed by atoms with E-state index in [9.17, 15) is 14.7 Å². The van der Waals surface area contributed by atoms with Crippen molar-refractivity contribution in [3.8, 4) is 5.75 Å². The number of aryl methyl sites for hydroxylation is 1. The maximum absolute atomic E-state index is 13.3. The topological polar surface area (TPSA) is 79.7 Å². The molecule has 1 fully saturated rings. The Labute approximate surface area is 220 Å². The van der Waals surface area contributed by atoms with Crippen LogP contribution in [0.1, 0.15) is 42.1 Å². The first-order valence-corrected chi connectivity index (χ1v) is 12.3. The lowest BCUT2D eigenvalue weighted by molar-refractivity contribution is -0.140. The van der Waals surface area contributed by atoms with Gasteiger partial charge in [0.15, 0.2) is 0 Å². The van der Waals surface area contributed by atoms with Crippen LogP contribution in [0.5, 0.6) is 5.75 Å². The Morgan fingerprint density at radius 1 is 1.11 bits per heavy atom. The number of Topliss-reactive ketones (excluding diaryl/α,β-unsaturated/α-hetero) is 1. The number of carbonyl (C=O) groups is 2. The number of pyridine rings is 1. The average molecular weight is 525 g/mol. The molecule has 2 aromatic carbocycles. The predicted octanol–water partition coefficient (Wildman–Crippen LogP) is 6.35. The van der Waals surface area contributed by atoms with Gasteiger partial charge in [-0.25, -0.2) is 0 Å². The molecule has 8 heteroatoms. The van der Waals surface area contributed by atoms with Crippen LogP contribution in [0.25, 0.3) is 5.76 Å². The Morgan fingerprint density at radius 3 is 2.53 bits per heavy atom. The van der Waals surface area contributed by atoms with Gasteiger partial charge < -0.3 is 14.7 Å². The largest absolute Gasteiger partial charge is 0.507 e. The van der Waals surface area contributed by atoms with Crippen LogP contribution < -0.4 is 4.74 Å². The summed E-state index contributed by atoms with van der Waals surface area (Å²) in [5, 5.41) is 12.0. The molecule has 0 unspecified atom stereocenters. The lowest BCUT2D eigenvalue weighted by Crippen LogP contribution is -2.29. The summed E-state index contributed by atoms with van der Waals surface area (Å²) in [5.41, 5.74) is 2.50. The van der Waals surface area contributed by atoms with Crippen molar-refractivity contribution >= 4 is 40.7 Å². The minimum absolute atomic E-state index is 0.0162. The quantitative estimate of drug-likeness (QED) is 0.221. The number of hydrogen-bond donors (Lipinski definition) is 1. The van der Waals surface area contributed by atoms with Crippen molar-refractivity contribution in [3.63, 3.8) is 0 Å². The molecule has 36 heavy (non-hydrogen) atoms. The number of halogens is 2. The van der Waals surface area contributed by atoms with Crippen LogP contribution in [-0.2, 0) is 16.1 Å². The molecule has 1 aliphatic heterocycles. The molecular weight excluding hydrogens is 499 g/mol. The molecule has 6 nitrogen and oxygen atoms in total. The predicted molar refractivity (Wildman–Crippen MR) is 140 cm³/mol. The fraction of sp³-hybridized carbons (Fsp3) is 0.250. The highest BCUT2D eigenvalue weighted by Crippen LogP contribution is 2.42. The number of nitrogens with zero attached hydrogens (tertiary/aromatic N) is 2. The van der Waals surface area contributed by atoms with Crippen molar-refractivity contribution < 1.29 is 19.4 Å². The third kappa shape index (κ3) is 5.25. The van der Waals surface area contributed by atoms with Crippen molar-refractivity contribution in [1.82, 2.24) is 9.88 Å².